The smallest absolute Gasteiger partial charge is 0.332 e. The number of urea groups is 1. The fourth-order valence-electron chi connectivity index (χ4n) is 1.96. The quantitative estimate of drug-likeness (QED) is 0.806. The molecule has 1 heterocycles. The maximum Gasteiger partial charge on any atom is 0.332 e. The summed E-state index contributed by atoms with van der Waals surface area (Å²) in [5, 5.41) is 0. The zero-order chi connectivity index (χ0) is 14.2. The third kappa shape index (κ3) is 2.26. The minimum absolute atomic E-state index is 0.388. The van der Waals surface area contributed by atoms with Crippen molar-refractivity contribution >= 4 is 23.5 Å². The van der Waals surface area contributed by atoms with Crippen LogP contribution in [-0.2, 0) is 9.59 Å². The van der Waals surface area contributed by atoms with Gasteiger partial charge in [0.25, 0.3) is 5.91 Å². The van der Waals surface area contributed by atoms with Gasteiger partial charge < -0.3 is 5.73 Å². The Morgan fingerprint density at radius 3 is 2.42 bits per heavy atom. The van der Waals surface area contributed by atoms with Crippen LogP contribution in [0.1, 0.15) is 6.92 Å². The van der Waals surface area contributed by atoms with Crippen LogP contribution in [0.3, 0.4) is 0 Å². The first-order valence-corrected chi connectivity index (χ1v) is 5.60. The number of halogens is 1. The van der Waals surface area contributed by atoms with Crippen molar-refractivity contribution in [2.24, 2.45) is 5.73 Å². The molecule has 19 heavy (non-hydrogen) atoms. The zero-order valence-corrected chi connectivity index (χ0v) is 10.2. The number of rotatable bonds is 3. The molecular formula is C12H12FN3O3. The number of amides is 4. The van der Waals surface area contributed by atoms with Crippen molar-refractivity contribution in [2.45, 2.75) is 13.0 Å². The standard InChI is InChI=1S/C12H12FN3O3/c1-7-11(18)15(6-10(14)17)12(19)16(7)9-4-2-8(13)3-5-9/h2-5,7H,6H2,1H3,(H2,14,17). The number of carbonyl (C=O) groups is 3. The van der Waals surface area contributed by atoms with Gasteiger partial charge in [0.05, 0.1) is 0 Å². The van der Waals surface area contributed by atoms with Gasteiger partial charge in [-0.3, -0.25) is 19.4 Å². The summed E-state index contributed by atoms with van der Waals surface area (Å²) in [4.78, 5) is 36.8. The second-order valence-corrected chi connectivity index (χ2v) is 4.20. The highest BCUT2D eigenvalue weighted by Gasteiger charge is 2.43. The molecule has 0 radical (unpaired) electrons. The molecule has 100 valence electrons. The number of benzene rings is 1. The molecule has 2 rings (SSSR count). The van der Waals surface area contributed by atoms with Crippen LogP contribution in [0.25, 0.3) is 0 Å². The second-order valence-electron chi connectivity index (χ2n) is 4.20. The summed E-state index contributed by atoms with van der Waals surface area (Å²) in [5.41, 5.74) is 5.38. The van der Waals surface area contributed by atoms with Gasteiger partial charge in [-0.15, -0.1) is 0 Å². The number of nitrogens with zero attached hydrogens (tertiary/aromatic N) is 2. The molecule has 0 bridgehead atoms. The molecule has 4 amide bonds. The third-order valence-corrected chi connectivity index (χ3v) is 2.87. The van der Waals surface area contributed by atoms with E-state index in [0.29, 0.717) is 5.69 Å². The van der Waals surface area contributed by atoms with E-state index in [1.54, 1.807) is 0 Å². The first-order chi connectivity index (χ1) is 8.91. The van der Waals surface area contributed by atoms with Gasteiger partial charge in [0.1, 0.15) is 18.4 Å². The molecule has 7 heteroatoms. The lowest BCUT2D eigenvalue weighted by Gasteiger charge is -2.19. The van der Waals surface area contributed by atoms with E-state index >= 15 is 0 Å². The summed E-state index contributed by atoms with van der Waals surface area (Å²) in [7, 11) is 0. The van der Waals surface area contributed by atoms with Gasteiger partial charge in [0.2, 0.25) is 5.91 Å². The summed E-state index contributed by atoms with van der Waals surface area (Å²) in [6.07, 6.45) is 0. The monoisotopic (exact) mass is 265 g/mol. The number of hydrogen-bond acceptors (Lipinski definition) is 3. The highest BCUT2D eigenvalue weighted by atomic mass is 19.1. The molecular weight excluding hydrogens is 253 g/mol. The van der Waals surface area contributed by atoms with Crippen molar-refractivity contribution in [1.29, 1.82) is 0 Å². The van der Waals surface area contributed by atoms with E-state index in [0.717, 1.165) is 4.90 Å². The SMILES string of the molecule is CC1C(=O)N(CC(N)=O)C(=O)N1c1ccc(F)cc1. The Kier molecular flexibility index (Phi) is 3.20. The molecule has 1 fully saturated rings. The van der Waals surface area contributed by atoms with Gasteiger partial charge in [-0.05, 0) is 31.2 Å². The largest absolute Gasteiger partial charge is 0.368 e. The Hall–Kier alpha value is -2.44. The zero-order valence-electron chi connectivity index (χ0n) is 10.2. The van der Waals surface area contributed by atoms with Crippen molar-refractivity contribution in [3.63, 3.8) is 0 Å². The summed E-state index contributed by atoms with van der Waals surface area (Å²) in [6, 6.07) is 3.78. The predicted molar refractivity (Wildman–Crippen MR) is 64.6 cm³/mol. The van der Waals surface area contributed by atoms with Crippen molar-refractivity contribution in [1.82, 2.24) is 4.90 Å². The van der Waals surface area contributed by atoms with E-state index in [-0.39, 0.29) is 0 Å². The maximum atomic E-state index is 12.9. The van der Waals surface area contributed by atoms with Crippen LogP contribution in [-0.4, -0.2) is 35.3 Å². The van der Waals surface area contributed by atoms with Crippen molar-refractivity contribution in [2.75, 3.05) is 11.4 Å². The highest BCUT2D eigenvalue weighted by Crippen LogP contribution is 2.25. The maximum absolute atomic E-state index is 12.9. The number of primary amides is 1. The lowest BCUT2D eigenvalue weighted by Crippen LogP contribution is -2.39. The number of hydrogen-bond donors (Lipinski definition) is 1. The van der Waals surface area contributed by atoms with E-state index in [1.807, 2.05) is 0 Å². The van der Waals surface area contributed by atoms with Gasteiger partial charge in [-0.2, -0.15) is 0 Å². The van der Waals surface area contributed by atoms with Crippen LogP contribution in [0.4, 0.5) is 14.9 Å². The lowest BCUT2D eigenvalue weighted by atomic mass is 10.2. The van der Waals surface area contributed by atoms with Crippen LogP contribution >= 0.6 is 0 Å². The van der Waals surface area contributed by atoms with E-state index in [9.17, 15) is 18.8 Å². The number of nitrogens with two attached hydrogens (primary N) is 1. The van der Waals surface area contributed by atoms with E-state index in [1.165, 1.54) is 36.1 Å². The molecule has 1 atom stereocenters. The molecule has 0 saturated carbocycles. The Bertz CT molecular complexity index is 544. The molecule has 0 aromatic heterocycles. The van der Waals surface area contributed by atoms with Crippen LogP contribution in [0, 0.1) is 5.82 Å². The lowest BCUT2D eigenvalue weighted by molar-refractivity contribution is -0.130. The molecule has 1 aromatic rings. The summed E-state index contributed by atoms with van der Waals surface area (Å²) < 4.78 is 12.9. The number of anilines is 1. The molecule has 0 aliphatic carbocycles. The Balaban J connectivity index is 2.32. The minimum Gasteiger partial charge on any atom is -0.368 e. The topological polar surface area (TPSA) is 83.7 Å². The predicted octanol–water partition coefficient (Wildman–Crippen LogP) is 0.468. The molecule has 0 spiro atoms. The van der Waals surface area contributed by atoms with Gasteiger partial charge in [0.15, 0.2) is 0 Å². The van der Waals surface area contributed by atoms with Crippen LogP contribution in [0.2, 0.25) is 0 Å². The van der Waals surface area contributed by atoms with Gasteiger partial charge >= 0.3 is 6.03 Å². The fraction of sp³-hybridized carbons (Fsp3) is 0.250. The van der Waals surface area contributed by atoms with E-state index in [2.05, 4.69) is 0 Å². The first-order valence-electron chi connectivity index (χ1n) is 5.60. The summed E-state index contributed by atoms with van der Waals surface area (Å²) in [6.45, 7) is 1.07. The van der Waals surface area contributed by atoms with Crippen LogP contribution < -0.4 is 10.6 Å². The fourth-order valence-corrected chi connectivity index (χ4v) is 1.96. The Morgan fingerprint density at radius 2 is 1.89 bits per heavy atom. The van der Waals surface area contributed by atoms with Gasteiger partial charge in [-0.25, -0.2) is 9.18 Å². The Morgan fingerprint density at radius 1 is 1.32 bits per heavy atom. The van der Waals surface area contributed by atoms with E-state index in [4.69, 9.17) is 5.73 Å². The summed E-state index contributed by atoms with van der Waals surface area (Å²) >= 11 is 0. The molecule has 1 aromatic carbocycles. The average Bonchev–Trinajstić information content (AvgIpc) is 2.55. The summed E-state index contributed by atoms with van der Waals surface area (Å²) in [5.74, 6) is -1.72. The van der Waals surface area contributed by atoms with E-state index < -0.39 is 36.2 Å². The van der Waals surface area contributed by atoms with Crippen molar-refractivity contribution < 1.29 is 18.8 Å². The third-order valence-electron chi connectivity index (χ3n) is 2.87. The minimum atomic E-state index is -0.769. The van der Waals surface area contributed by atoms with Crippen LogP contribution in [0.5, 0.6) is 0 Å². The molecule has 2 N–H and O–H groups in total. The first kappa shape index (κ1) is 13.0. The van der Waals surface area contributed by atoms with Crippen molar-refractivity contribution in [3.8, 4) is 0 Å². The van der Waals surface area contributed by atoms with Crippen LogP contribution in [0.15, 0.2) is 24.3 Å². The highest BCUT2D eigenvalue weighted by molar-refractivity contribution is 6.15. The van der Waals surface area contributed by atoms with Crippen molar-refractivity contribution in [3.05, 3.63) is 30.1 Å². The molecule has 1 saturated heterocycles. The number of carbonyl (C=O) groups excluding carboxylic acids is 3. The second kappa shape index (κ2) is 4.68. The van der Waals surface area contributed by atoms with Gasteiger partial charge in [0, 0.05) is 5.69 Å². The molecule has 1 aliphatic heterocycles. The molecule has 1 aliphatic rings. The average molecular weight is 265 g/mol. The molecule has 1 unspecified atom stereocenters. The normalized spacial score (nSPS) is 19.2. The Labute approximate surface area is 108 Å². The molecule has 6 nitrogen and oxygen atoms in total. The number of imide groups is 1. The van der Waals surface area contributed by atoms with Gasteiger partial charge in [-0.1, -0.05) is 0 Å².